The van der Waals surface area contributed by atoms with E-state index in [4.69, 9.17) is 15.2 Å². The van der Waals surface area contributed by atoms with Crippen molar-refractivity contribution in [3.05, 3.63) is 42.0 Å². The zero-order valence-electron chi connectivity index (χ0n) is 13.5. The Bertz CT molecular complexity index is 716. The van der Waals surface area contributed by atoms with Crippen LogP contribution in [0.3, 0.4) is 0 Å². The van der Waals surface area contributed by atoms with E-state index in [-0.39, 0.29) is 6.04 Å². The molecule has 2 atom stereocenters. The minimum absolute atomic E-state index is 0.201. The van der Waals surface area contributed by atoms with Crippen LogP contribution in [-0.4, -0.2) is 43.7 Å². The molecule has 0 aromatic heterocycles. The van der Waals surface area contributed by atoms with Crippen LogP contribution in [0.2, 0.25) is 0 Å². The van der Waals surface area contributed by atoms with Gasteiger partial charge >= 0.3 is 0 Å². The smallest absolute Gasteiger partial charge is 0.247 e. The molecule has 0 aliphatic carbocycles. The fourth-order valence-corrected chi connectivity index (χ4v) is 3.03. The summed E-state index contributed by atoms with van der Waals surface area (Å²) in [5, 5.41) is 2.33. The van der Waals surface area contributed by atoms with Crippen LogP contribution in [0, 0.1) is 0 Å². The number of primary amides is 1. The first-order chi connectivity index (χ1) is 11.1. The van der Waals surface area contributed by atoms with Gasteiger partial charge in [0.2, 0.25) is 5.91 Å². The van der Waals surface area contributed by atoms with Crippen molar-refractivity contribution in [2.24, 2.45) is 5.73 Å². The lowest BCUT2D eigenvalue weighted by atomic mass is 10.0. The number of rotatable bonds is 4. The molecule has 5 nitrogen and oxygen atoms in total. The Morgan fingerprint density at radius 3 is 2.78 bits per heavy atom. The summed E-state index contributed by atoms with van der Waals surface area (Å²) in [5.41, 5.74) is 6.58. The maximum Gasteiger partial charge on any atom is 0.247 e. The zero-order valence-corrected chi connectivity index (χ0v) is 13.5. The van der Waals surface area contributed by atoms with E-state index in [9.17, 15) is 4.79 Å². The first-order valence-corrected chi connectivity index (χ1v) is 7.81. The van der Waals surface area contributed by atoms with Crippen LogP contribution in [0.15, 0.2) is 36.4 Å². The molecule has 1 aliphatic rings. The summed E-state index contributed by atoms with van der Waals surface area (Å²) in [6.07, 6.45) is -0.518. The fourth-order valence-electron chi connectivity index (χ4n) is 3.03. The number of carbonyl (C=O) groups is 1. The van der Waals surface area contributed by atoms with E-state index < -0.39 is 12.0 Å². The van der Waals surface area contributed by atoms with Gasteiger partial charge in [0.1, 0.15) is 11.9 Å². The summed E-state index contributed by atoms with van der Waals surface area (Å²) in [6.45, 7) is 4.01. The number of benzene rings is 2. The van der Waals surface area contributed by atoms with Crippen molar-refractivity contribution in [3.8, 4) is 5.75 Å². The van der Waals surface area contributed by atoms with Crippen molar-refractivity contribution in [2.45, 2.75) is 19.1 Å². The van der Waals surface area contributed by atoms with Crippen molar-refractivity contribution in [1.82, 2.24) is 4.90 Å². The summed E-state index contributed by atoms with van der Waals surface area (Å²) in [6, 6.07) is 12.7. The molecular formula is C18H22N2O3. The topological polar surface area (TPSA) is 64.8 Å². The Kier molecular flexibility index (Phi) is 4.50. The van der Waals surface area contributed by atoms with Crippen molar-refractivity contribution in [2.75, 3.05) is 26.8 Å². The summed E-state index contributed by atoms with van der Waals surface area (Å²) >= 11 is 0. The average Bonchev–Trinajstić information content (AvgIpc) is 2.60. The molecule has 2 aromatic carbocycles. The van der Waals surface area contributed by atoms with Crippen molar-refractivity contribution in [1.29, 1.82) is 0 Å². The van der Waals surface area contributed by atoms with Gasteiger partial charge in [-0.2, -0.15) is 0 Å². The van der Waals surface area contributed by atoms with E-state index in [2.05, 4.69) is 36.1 Å². The van der Waals surface area contributed by atoms with Crippen molar-refractivity contribution in [3.63, 3.8) is 0 Å². The van der Waals surface area contributed by atoms with E-state index in [0.29, 0.717) is 13.2 Å². The lowest BCUT2D eigenvalue weighted by Gasteiger charge is -2.35. The highest BCUT2D eigenvalue weighted by molar-refractivity contribution is 5.84. The molecule has 5 heteroatoms. The zero-order chi connectivity index (χ0) is 16.4. The van der Waals surface area contributed by atoms with Crippen LogP contribution in [0.5, 0.6) is 5.75 Å². The Balaban J connectivity index is 1.82. The molecule has 1 saturated heterocycles. The molecule has 1 amide bonds. The molecule has 1 aliphatic heterocycles. The third-order valence-electron chi connectivity index (χ3n) is 4.52. The fraction of sp³-hybridized carbons (Fsp3) is 0.389. The maximum absolute atomic E-state index is 11.4. The number of nitrogens with two attached hydrogens (primary N) is 1. The molecule has 1 heterocycles. The van der Waals surface area contributed by atoms with Crippen LogP contribution >= 0.6 is 0 Å². The molecule has 0 unspecified atom stereocenters. The Morgan fingerprint density at radius 1 is 1.30 bits per heavy atom. The van der Waals surface area contributed by atoms with E-state index in [1.165, 1.54) is 10.9 Å². The highest BCUT2D eigenvalue weighted by Gasteiger charge is 2.28. The number of ether oxygens (including phenoxy) is 2. The molecule has 23 heavy (non-hydrogen) atoms. The standard InChI is InChI=1S/C18H22N2O3/c1-12(20-7-8-23-17(11-20)18(19)21)13-3-4-15-10-16(22-2)6-5-14(15)9-13/h3-6,9-10,12,17H,7-8,11H2,1-2H3,(H2,19,21)/t12-,17+/m1/s1. The van der Waals surface area contributed by atoms with Crippen LogP contribution in [0.4, 0.5) is 0 Å². The molecule has 0 radical (unpaired) electrons. The van der Waals surface area contributed by atoms with Crippen molar-refractivity contribution < 1.29 is 14.3 Å². The van der Waals surface area contributed by atoms with Gasteiger partial charge in [0, 0.05) is 19.1 Å². The molecule has 0 bridgehead atoms. The second-order valence-electron chi connectivity index (χ2n) is 5.91. The van der Waals surface area contributed by atoms with Gasteiger partial charge in [0.05, 0.1) is 13.7 Å². The van der Waals surface area contributed by atoms with Crippen LogP contribution in [0.1, 0.15) is 18.5 Å². The van der Waals surface area contributed by atoms with Gasteiger partial charge in [-0.15, -0.1) is 0 Å². The Morgan fingerprint density at radius 2 is 2.04 bits per heavy atom. The number of hydrogen-bond donors (Lipinski definition) is 1. The molecule has 2 aromatic rings. The molecule has 0 saturated carbocycles. The lowest BCUT2D eigenvalue weighted by Crippen LogP contribution is -2.49. The Labute approximate surface area is 136 Å². The average molecular weight is 314 g/mol. The molecular weight excluding hydrogens is 292 g/mol. The number of fused-ring (bicyclic) bond motifs is 1. The maximum atomic E-state index is 11.4. The molecule has 2 N–H and O–H groups in total. The normalized spacial score (nSPS) is 20.3. The summed E-state index contributed by atoms with van der Waals surface area (Å²) in [5.74, 6) is 0.461. The number of carbonyl (C=O) groups excluding carboxylic acids is 1. The van der Waals surface area contributed by atoms with Gasteiger partial charge in [-0.05, 0) is 41.5 Å². The SMILES string of the molecule is COc1ccc2cc([C@@H](C)N3CCO[C@H](C(N)=O)C3)ccc2c1. The van der Waals surface area contributed by atoms with Crippen LogP contribution in [-0.2, 0) is 9.53 Å². The number of morpholine rings is 1. The third kappa shape index (κ3) is 3.30. The van der Waals surface area contributed by atoms with E-state index >= 15 is 0 Å². The predicted octanol–water partition coefficient (Wildman–Crippen LogP) is 2.10. The minimum atomic E-state index is -0.518. The van der Waals surface area contributed by atoms with Crippen molar-refractivity contribution >= 4 is 16.7 Å². The number of methoxy groups -OCH3 is 1. The molecule has 3 rings (SSSR count). The third-order valence-corrected chi connectivity index (χ3v) is 4.52. The number of nitrogens with zero attached hydrogens (tertiary/aromatic N) is 1. The molecule has 122 valence electrons. The summed E-state index contributed by atoms with van der Waals surface area (Å²) in [7, 11) is 1.67. The second-order valence-corrected chi connectivity index (χ2v) is 5.91. The van der Waals surface area contributed by atoms with Gasteiger partial charge in [0.25, 0.3) is 0 Å². The minimum Gasteiger partial charge on any atom is -0.497 e. The summed E-state index contributed by atoms with van der Waals surface area (Å²) in [4.78, 5) is 13.6. The van der Waals surface area contributed by atoms with Gasteiger partial charge in [-0.25, -0.2) is 0 Å². The summed E-state index contributed by atoms with van der Waals surface area (Å²) < 4.78 is 10.7. The number of amides is 1. The van der Waals surface area contributed by atoms with E-state index in [1.54, 1.807) is 7.11 Å². The predicted molar refractivity (Wildman–Crippen MR) is 89.4 cm³/mol. The quantitative estimate of drug-likeness (QED) is 0.938. The monoisotopic (exact) mass is 314 g/mol. The van der Waals surface area contributed by atoms with E-state index in [0.717, 1.165) is 17.7 Å². The van der Waals surface area contributed by atoms with Gasteiger partial charge in [-0.1, -0.05) is 18.2 Å². The van der Waals surface area contributed by atoms with Gasteiger partial charge in [-0.3, -0.25) is 9.69 Å². The lowest BCUT2D eigenvalue weighted by molar-refractivity contribution is -0.136. The number of hydrogen-bond acceptors (Lipinski definition) is 4. The first kappa shape index (κ1) is 15.8. The molecule has 1 fully saturated rings. The van der Waals surface area contributed by atoms with Crippen LogP contribution in [0.25, 0.3) is 10.8 Å². The molecule has 0 spiro atoms. The van der Waals surface area contributed by atoms with Crippen LogP contribution < -0.4 is 10.5 Å². The van der Waals surface area contributed by atoms with Gasteiger partial charge in [0.15, 0.2) is 0 Å². The Hall–Kier alpha value is -2.11. The highest BCUT2D eigenvalue weighted by atomic mass is 16.5. The second kappa shape index (κ2) is 6.56. The van der Waals surface area contributed by atoms with Gasteiger partial charge < -0.3 is 15.2 Å². The first-order valence-electron chi connectivity index (χ1n) is 7.81. The highest BCUT2D eigenvalue weighted by Crippen LogP contribution is 2.27. The largest absolute Gasteiger partial charge is 0.497 e. The van der Waals surface area contributed by atoms with E-state index in [1.807, 2.05) is 12.1 Å².